The maximum atomic E-state index is 11.1. The molecule has 0 aliphatic carbocycles. The van der Waals surface area contributed by atoms with Crippen LogP contribution in [0.5, 0.6) is 0 Å². The fourth-order valence-corrected chi connectivity index (χ4v) is 2.43. The lowest BCUT2D eigenvalue weighted by molar-refractivity contribution is -0.117. The third-order valence-electron chi connectivity index (χ3n) is 2.86. The first-order valence-electron chi connectivity index (χ1n) is 6.77. The highest BCUT2D eigenvalue weighted by Crippen LogP contribution is 2.25. The minimum atomic E-state index is -0.490. The van der Waals surface area contributed by atoms with Gasteiger partial charge in [0.2, 0.25) is 5.91 Å². The third kappa shape index (κ3) is 4.19. The van der Waals surface area contributed by atoms with Crippen molar-refractivity contribution in [2.75, 3.05) is 13.2 Å². The molecule has 2 aromatic rings. The van der Waals surface area contributed by atoms with Gasteiger partial charge in [0.25, 0.3) is 0 Å². The molecule has 0 fully saturated rings. The van der Waals surface area contributed by atoms with Crippen LogP contribution in [0.1, 0.15) is 18.6 Å². The van der Waals surface area contributed by atoms with Gasteiger partial charge in [0.05, 0.1) is 23.7 Å². The number of hydrogen-bond donors (Lipinski definition) is 1. The largest absolute Gasteiger partial charge is 0.381 e. The molecule has 2 rings (SSSR count). The van der Waals surface area contributed by atoms with Gasteiger partial charge in [-0.25, -0.2) is 9.67 Å². The summed E-state index contributed by atoms with van der Waals surface area (Å²) in [4.78, 5) is 15.4. The molecule has 22 heavy (non-hydrogen) atoms. The lowest BCUT2D eigenvalue weighted by Crippen LogP contribution is -2.14. The van der Waals surface area contributed by atoms with Crippen LogP contribution in [0.15, 0.2) is 18.2 Å². The van der Waals surface area contributed by atoms with Crippen molar-refractivity contribution >= 4 is 29.1 Å². The molecule has 0 spiro atoms. The summed E-state index contributed by atoms with van der Waals surface area (Å²) < 4.78 is 6.93. The van der Waals surface area contributed by atoms with Gasteiger partial charge < -0.3 is 10.5 Å². The highest BCUT2D eigenvalue weighted by atomic mass is 35.5. The van der Waals surface area contributed by atoms with E-state index in [1.54, 1.807) is 22.9 Å². The number of primary amides is 1. The predicted octanol–water partition coefficient (Wildman–Crippen LogP) is 2.18. The lowest BCUT2D eigenvalue weighted by atomic mass is 10.3. The second kappa shape index (κ2) is 7.58. The zero-order valence-electron chi connectivity index (χ0n) is 12.1. The van der Waals surface area contributed by atoms with Crippen molar-refractivity contribution in [1.29, 1.82) is 0 Å². The molecule has 0 aliphatic rings. The Labute approximate surface area is 138 Å². The van der Waals surface area contributed by atoms with Crippen LogP contribution >= 0.6 is 23.2 Å². The van der Waals surface area contributed by atoms with Crippen molar-refractivity contribution in [3.05, 3.63) is 39.9 Å². The van der Waals surface area contributed by atoms with Crippen molar-refractivity contribution in [3.8, 4) is 5.69 Å². The van der Waals surface area contributed by atoms with Gasteiger partial charge in [-0.05, 0) is 25.1 Å². The van der Waals surface area contributed by atoms with Crippen molar-refractivity contribution in [1.82, 2.24) is 14.8 Å². The molecule has 1 aromatic heterocycles. The fourth-order valence-electron chi connectivity index (χ4n) is 1.94. The summed E-state index contributed by atoms with van der Waals surface area (Å²) in [6.07, 6.45) is 0.512. The molecule has 6 nitrogen and oxygen atoms in total. The molecule has 0 aliphatic heterocycles. The van der Waals surface area contributed by atoms with Gasteiger partial charge in [-0.3, -0.25) is 4.79 Å². The SMILES string of the molecule is CCOCCc1nc(CC(N)=O)nn1-c1ccc(Cl)cc1Cl. The minimum absolute atomic E-state index is 0.0279. The maximum absolute atomic E-state index is 11.1. The summed E-state index contributed by atoms with van der Waals surface area (Å²) in [5, 5.41) is 5.29. The normalized spacial score (nSPS) is 10.9. The van der Waals surface area contributed by atoms with Crippen LogP contribution in [0.4, 0.5) is 0 Å². The number of carbonyl (C=O) groups excluding carboxylic acids is 1. The number of ether oxygens (including phenoxy) is 1. The van der Waals surface area contributed by atoms with E-state index in [1.807, 2.05) is 6.92 Å². The number of halogens is 2. The fraction of sp³-hybridized carbons (Fsp3) is 0.357. The van der Waals surface area contributed by atoms with Crippen molar-refractivity contribution in [3.63, 3.8) is 0 Å². The Kier molecular flexibility index (Phi) is 5.76. The average molecular weight is 343 g/mol. The number of rotatable bonds is 7. The number of nitrogens with two attached hydrogens (primary N) is 1. The van der Waals surface area contributed by atoms with Crippen molar-refractivity contribution in [2.24, 2.45) is 5.73 Å². The Bertz CT molecular complexity index is 673. The van der Waals surface area contributed by atoms with Crippen LogP contribution in [0.2, 0.25) is 10.0 Å². The van der Waals surface area contributed by atoms with Gasteiger partial charge in [-0.1, -0.05) is 23.2 Å². The van der Waals surface area contributed by atoms with E-state index in [2.05, 4.69) is 10.1 Å². The van der Waals surface area contributed by atoms with E-state index in [9.17, 15) is 4.79 Å². The van der Waals surface area contributed by atoms with Crippen molar-refractivity contribution in [2.45, 2.75) is 19.8 Å². The Hall–Kier alpha value is -1.63. The summed E-state index contributed by atoms with van der Waals surface area (Å²) in [5.74, 6) is 0.509. The van der Waals surface area contributed by atoms with Crippen molar-refractivity contribution < 1.29 is 9.53 Å². The number of carbonyl (C=O) groups is 1. The molecule has 2 N–H and O–H groups in total. The Morgan fingerprint density at radius 2 is 2.18 bits per heavy atom. The highest BCUT2D eigenvalue weighted by Gasteiger charge is 2.15. The van der Waals surface area contributed by atoms with E-state index in [-0.39, 0.29) is 6.42 Å². The first kappa shape index (κ1) is 16.7. The molecule has 1 amide bonds. The van der Waals surface area contributed by atoms with Gasteiger partial charge in [-0.15, -0.1) is 0 Å². The Balaban J connectivity index is 2.37. The van der Waals surface area contributed by atoms with Crippen LogP contribution in [-0.4, -0.2) is 33.9 Å². The topological polar surface area (TPSA) is 83.0 Å². The maximum Gasteiger partial charge on any atom is 0.225 e. The molecule has 0 radical (unpaired) electrons. The summed E-state index contributed by atoms with van der Waals surface area (Å²) in [6.45, 7) is 3.03. The van der Waals surface area contributed by atoms with Gasteiger partial charge in [0.1, 0.15) is 5.82 Å². The van der Waals surface area contributed by atoms with E-state index >= 15 is 0 Å². The number of amides is 1. The van der Waals surface area contributed by atoms with Gasteiger partial charge >= 0.3 is 0 Å². The Morgan fingerprint density at radius 3 is 2.82 bits per heavy atom. The molecule has 0 unspecified atom stereocenters. The third-order valence-corrected chi connectivity index (χ3v) is 3.40. The first-order valence-corrected chi connectivity index (χ1v) is 7.53. The monoisotopic (exact) mass is 342 g/mol. The molecular weight excluding hydrogens is 327 g/mol. The number of benzene rings is 1. The summed E-state index contributed by atoms with van der Waals surface area (Å²) in [6, 6.07) is 5.09. The molecule has 0 saturated heterocycles. The second-order valence-electron chi connectivity index (χ2n) is 4.54. The predicted molar refractivity (Wildman–Crippen MR) is 84.5 cm³/mol. The minimum Gasteiger partial charge on any atom is -0.381 e. The molecule has 0 saturated carbocycles. The molecular formula is C14H16Cl2N4O2. The van der Waals surface area contributed by atoms with Crippen LogP contribution in [0.3, 0.4) is 0 Å². The number of aromatic nitrogens is 3. The molecule has 1 aromatic carbocycles. The molecule has 1 heterocycles. The van der Waals surface area contributed by atoms with Crippen LogP contribution in [0.25, 0.3) is 5.69 Å². The Morgan fingerprint density at radius 1 is 1.41 bits per heavy atom. The highest BCUT2D eigenvalue weighted by molar-refractivity contribution is 6.35. The first-order chi connectivity index (χ1) is 10.5. The number of nitrogens with zero attached hydrogens (tertiary/aromatic N) is 3. The standard InChI is InChI=1S/C14H16Cl2N4O2/c1-2-22-6-5-14-18-13(8-12(17)21)19-20(14)11-4-3-9(15)7-10(11)16/h3-4,7H,2,5-6,8H2,1H3,(H2,17,21). The van der Waals surface area contributed by atoms with Crippen LogP contribution in [-0.2, 0) is 22.4 Å². The molecule has 8 heteroatoms. The zero-order chi connectivity index (χ0) is 16.1. The molecule has 0 bridgehead atoms. The summed E-state index contributed by atoms with van der Waals surface area (Å²) in [5.41, 5.74) is 5.84. The van der Waals surface area contributed by atoms with Crippen LogP contribution < -0.4 is 5.73 Å². The second-order valence-corrected chi connectivity index (χ2v) is 5.39. The van der Waals surface area contributed by atoms with Gasteiger partial charge in [-0.2, -0.15) is 5.10 Å². The molecule has 118 valence electrons. The lowest BCUT2D eigenvalue weighted by Gasteiger charge is -2.08. The summed E-state index contributed by atoms with van der Waals surface area (Å²) >= 11 is 12.1. The van der Waals surface area contributed by atoms with E-state index < -0.39 is 5.91 Å². The quantitative estimate of drug-likeness (QED) is 0.781. The van der Waals surface area contributed by atoms with E-state index in [0.29, 0.717) is 47.0 Å². The van der Waals surface area contributed by atoms with Gasteiger partial charge in [0.15, 0.2) is 5.82 Å². The van der Waals surface area contributed by atoms with E-state index in [0.717, 1.165) is 0 Å². The zero-order valence-corrected chi connectivity index (χ0v) is 13.6. The van der Waals surface area contributed by atoms with E-state index in [1.165, 1.54) is 0 Å². The smallest absolute Gasteiger partial charge is 0.225 e. The van der Waals surface area contributed by atoms with E-state index in [4.69, 9.17) is 33.7 Å². The average Bonchev–Trinajstić information content (AvgIpc) is 2.81. The van der Waals surface area contributed by atoms with Crippen LogP contribution in [0, 0.1) is 0 Å². The molecule has 0 atom stereocenters. The van der Waals surface area contributed by atoms with Gasteiger partial charge in [0, 0.05) is 18.1 Å². The summed E-state index contributed by atoms with van der Waals surface area (Å²) in [7, 11) is 0. The number of hydrogen-bond acceptors (Lipinski definition) is 4.